The molecule has 0 saturated carbocycles. The van der Waals surface area contributed by atoms with E-state index in [0.717, 1.165) is 31.4 Å². The molecule has 104 valence electrons. The zero-order valence-corrected chi connectivity index (χ0v) is 11.6. The van der Waals surface area contributed by atoms with Crippen molar-refractivity contribution >= 4 is 5.69 Å². The van der Waals surface area contributed by atoms with Crippen molar-refractivity contribution < 1.29 is 4.74 Å². The number of nitrogens with one attached hydrogen (secondary N) is 1. The van der Waals surface area contributed by atoms with E-state index in [1.807, 2.05) is 0 Å². The van der Waals surface area contributed by atoms with Crippen molar-refractivity contribution in [2.75, 3.05) is 37.7 Å². The van der Waals surface area contributed by atoms with Gasteiger partial charge in [0.2, 0.25) is 0 Å². The summed E-state index contributed by atoms with van der Waals surface area (Å²) in [5.74, 6) is 1.74. The Morgan fingerprint density at radius 3 is 2.42 bits per heavy atom. The quantitative estimate of drug-likeness (QED) is 0.901. The van der Waals surface area contributed by atoms with E-state index in [4.69, 9.17) is 4.74 Å². The summed E-state index contributed by atoms with van der Waals surface area (Å²) in [4.78, 5) is 2.45. The van der Waals surface area contributed by atoms with Crippen LogP contribution in [-0.4, -0.2) is 32.8 Å². The molecule has 2 heterocycles. The lowest BCUT2D eigenvalue weighted by Gasteiger charge is -2.23. The van der Waals surface area contributed by atoms with Crippen molar-refractivity contribution in [3.8, 4) is 5.75 Å². The molecule has 0 aliphatic carbocycles. The molecular weight excluding hydrogens is 236 g/mol. The molecule has 3 heteroatoms. The Bertz CT molecular complexity index is 378. The first-order valence-electron chi connectivity index (χ1n) is 7.60. The van der Waals surface area contributed by atoms with E-state index < -0.39 is 0 Å². The summed E-state index contributed by atoms with van der Waals surface area (Å²) in [5.41, 5.74) is 1.34. The molecule has 0 atom stereocenters. The van der Waals surface area contributed by atoms with E-state index >= 15 is 0 Å². The third kappa shape index (κ3) is 3.41. The van der Waals surface area contributed by atoms with Gasteiger partial charge in [-0.3, -0.25) is 0 Å². The smallest absolute Gasteiger partial charge is 0.119 e. The molecule has 19 heavy (non-hydrogen) atoms. The Morgan fingerprint density at radius 1 is 1.05 bits per heavy atom. The van der Waals surface area contributed by atoms with Gasteiger partial charge in [-0.2, -0.15) is 0 Å². The van der Waals surface area contributed by atoms with Crippen LogP contribution in [0.3, 0.4) is 0 Å². The number of ether oxygens (including phenoxy) is 1. The zero-order chi connectivity index (χ0) is 12.9. The number of hydrogen-bond acceptors (Lipinski definition) is 3. The van der Waals surface area contributed by atoms with Gasteiger partial charge in [0.25, 0.3) is 0 Å². The number of hydrogen-bond donors (Lipinski definition) is 1. The van der Waals surface area contributed by atoms with Crippen LogP contribution in [0.2, 0.25) is 0 Å². The molecule has 0 amide bonds. The summed E-state index contributed by atoms with van der Waals surface area (Å²) >= 11 is 0. The molecule has 2 saturated heterocycles. The van der Waals surface area contributed by atoms with Gasteiger partial charge in [-0.05, 0) is 69.0 Å². The Labute approximate surface area is 115 Å². The lowest BCUT2D eigenvalue weighted by atomic mass is 9.99. The molecule has 3 rings (SSSR count). The van der Waals surface area contributed by atoms with Gasteiger partial charge in [0.1, 0.15) is 5.75 Å². The van der Waals surface area contributed by atoms with Crippen LogP contribution in [0.5, 0.6) is 5.75 Å². The predicted octanol–water partition coefficient (Wildman–Crippen LogP) is 2.67. The van der Waals surface area contributed by atoms with Gasteiger partial charge in [0, 0.05) is 18.8 Å². The van der Waals surface area contributed by atoms with Gasteiger partial charge in [-0.25, -0.2) is 0 Å². The summed E-state index contributed by atoms with van der Waals surface area (Å²) in [5, 5.41) is 3.39. The second-order valence-corrected chi connectivity index (χ2v) is 5.69. The molecule has 2 fully saturated rings. The molecular formula is C16H24N2O. The monoisotopic (exact) mass is 260 g/mol. The highest BCUT2D eigenvalue weighted by molar-refractivity contribution is 5.49. The summed E-state index contributed by atoms with van der Waals surface area (Å²) in [6.07, 6.45) is 5.14. The fraction of sp³-hybridized carbons (Fsp3) is 0.625. The number of piperidine rings is 1. The van der Waals surface area contributed by atoms with Gasteiger partial charge in [0.15, 0.2) is 0 Å². The summed E-state index contributed by atoms with van der Waals surface area (Å²) in [6.45, 7) is 5.55. The maximum Gasteiger partial charge on any atom is 0.119 e. The van der Waals surface area contributed by atoms with Crippen molar-refractivity contribution in [1.29, 1.82) is 0 Å². The topological polar surface area (TPSA) is 24.5 Å². The van der Waals surface area contributed by atoms with Crippen LogP contribution in [0.4, 0.5) is 5.69 Å². The summed E-state index contributed by atoms with van der Waals surface area (Å²) < 4.78 is 5.92. The Hall–Kier alpha value is -1.22. The molecule has 1 aromatic rings. The number of benzene rings is 1. The van der Waals surface area contributed by atoms with Crippen molar-refractivity contribution in [3.63, 3.8) is 0 Å². The van der Waals surface area contributed by atoms with Crippen LogP contribution < -0.4 is 15.0 Å². The molecule has 2 aliphatic heterocycles. The van der Waals surface area contributed by atoms with Gasteiger partial charge < -0.3 is 15.0 Å². The van der Waals surface area contributed by atoms with E-state index in [-0.39, 0.29) is 0 Å². The van der Waals surface area contributed by atoms with Crippen LogP contribution in [-0.2, 0) is 0 Å². The first kappa shape index (κ1) is 12.8. The van der Waals surface area contributed by atoms with Crippen LogP contribution in [0.15, 0.2) is 24.3 Å². The highest BCUT2D eigenvalue weighted by Gasteiger charge is 2.14. The van der Waals surface area contributed by atoms with Gasteiger partial charge in [-0.1, -0.05) is 0 Å². The van der Waals surface area contributed by atoms with Crippen molar-refractivity contribution in [2.45, 2.75) is 25.7 Å². The minimum absolute atomic E-state index is 0.722. The molecule has 0 aromatic heterocycles. The molecule has 0 unspecified atom stereocenters. The molecule has 2 aliphatic rings. The fourth-order valence-electron chi connectivity index (χ4n) is 2.99. The van der Waals surface area contributed by atoms with Gasteiger partial charge in [0.05, 0.1) is 6.61 Å². The lowest BCUT2D eigenvalue weighted by molar-refractivity contribution is 0.215. The second-order valence-electron chi connectivity index (χ2n) is 5.69. The van der Waals surface area contributed by atoms with E-state index in [1.165, 1.54) is 44.5 Å². The molecule has 0 radical (unpaired) electrons. The average Bonchev–Trinajstić information content (AvgIpc) is 3.01. The van der Waals surface area contributed by atoms with Gasteiger partial charge in [-0.15, -0.1) is 0 Å². The third-order valence-corrected chi connectivity index (χ3v) is 4.25. The summed E-state index contributed by atoms with van der Waals surface area (Å²) in [7, 11) is 0. The molecule has 3 nitrogen and oxygen atoms in total. The van der Waals surface area contributed by atoms with Crippen LogP contribution >= 0.6 is 0 Å². The third-order valence-electron chi connectivity index (χ3n) is 4.25. The van der Waals surface area contributed by atoms with Crippen LogP contribution in [0, 0.1) is 5.92 Å². The first-order valence-corrected chi connectivity index (χ1v) is 7.60. The average molecular weight is 260 g/mol. The lowest BCUT2D eigenvalue weighted by Crippen LogP contribution is -2.30. The fourth-order valence-corrected chi connectivity index (χ4v) is 2.99. The van der Waals surface area contributed by atoms with Crippen molar-refractivity contribution in [3.05, 3.63) is 24.3 Å². The van der Waals surface area contributed by atoms with Gasteiger partial charge >= 0.3 is 0 Å². The molecule has 0 bridgehead atoms. The number of nitrogens with zero attached hydrogens (tertiary/aromatic N) is 1. The Kier molecular flexibility index (Phi) is 4.23. The first-order chi connectivity index (χ1) is 9.42. The largest absolute Gasteiger partial charge is 0.493 e. The molecule has 0 spiro atoms. The second kappa shape index (κ2) is 6.29. The van der Waals surface area contributed by atoms with E-state index in [1.54, 1.807) is 0 Å². The van der Waals surface area contributed by atoms with E-state index in [2.05, 4.69) is 34.5 Å². The molecule has 1 N–H and O–H groups in total. The van der Waals surface area contributed by atoms with Crippen molar-refractivity contribution in [2.24, 2.45) is 5.92 Å². The standard InChI is InChI=1S/C16H24N2O/c1-2-12-18(11-1)15-3-5-16(6-4-15)19-13-14-7-9-17-10-8-14/h3-6,14,17H,1-2,7-13H2. The zero-order valence-electron chi connectivity index (χ0n) is 11.6. The van der Waals surface area contributed by atoms with Crippen LogP contribution in [0.25, 0.3) is 0 Å². The minimum atomic E-state index is 0.722. The highest BCUT2D eigenvalue weighted by Crippen LogP contribution is 2.23. The SMILES string of the molecule is c1cc(N2CCCC2)ccc1OCC1CCNCC1. The van der Waals surface area contributed by atoms with E-state index in [9.17, 15) is 0 Å². The minimum Gasteiger partial charge on any atom is -0.493 e. The molecule has 1 aromatic carbocycles. The highest BCUT2D eigenvalue weighted by atomic mass is 16.5. The Morgan fingerprint density at radius 2 is 1.74 bits per heavy atom. The van der Waals surface area contributed by atoms with E-state index in [0.29, 0.717) is 0 Å². The Balaban J connectivity index is 1.50. The number of anilines is 1. The predicted molar refractivity (Wildman–Crippen MR) is 79.0 cm³/mol. The maximum atomic E-state index is 5.92. The normalized spacial score (nSPS) is 20.7. The van der Waals surface area contributed by atoms with Crippen molar-refractivity contribution in [1.82, 2.24) is 5.32 Å². The number of rotatable bonds is 4. The maximum absolute atomic E-state index is 5.92. The van der Waals surface area contributed by atoms with Crippen LogP contribution in [0.1, 0.15) is 25.7 Å². The summed E-state index contributed by atoms with van der Waals surface area (Å²) in [6, 6.07) is 8.63.